The molecule has 166 valence electrons. The van der Waals surface area contributed by atoms with Crippen LogP contribution in [0.5, 0.6) is 0 Å². The number of carbonyl (C=O) groups excluding carboxylic acids is 1. The van der Waals surface area contributed by atoms with Crippen LogP contribution in [-0.4, -0.2) is 70.3 Å². The van der Waals surface area contributed by atoms with E-state index in [0.717, 1.165) is 0 Å². The molecule has 0 unspecified atom stereocenters. The molecule has 28 heavy (non-hydrogen) atoms. The lowest BCUT2D eigenvalue weighted by molar-refractivity contribution is -0.198. The summed E-state index contributed by atoms with van der Waals surface area (Å²) in [5, 5.41) is 0. The van der Waals surface area contributed by atoms with Gasteiger partial charge in [0.05, 0.1) is 6.61 Å². The van der Waals surface area contributed by atoms with E-state index in [1.165, 1.54) is 0 Å². The predicted octanol–water partition coefficient (Wildman–Crippen LogP) is 4.42. The number of ether oxygens (including phenoxy) is 1. The van der Waals surface area contributed by atoms with Crippen molar-refractivity contribution in [1.82, 2.24) is 0 Å². The molecule has 0 saturated carbocycles. The fraction of sp³-hybridized carbons (Fsp3) is 0.944. The molecule has 10 heteroatoms. The van der Waals surface area contributed by atoms with Gasteiger partial charge in [0.25, 0.3) is 0 Å². The summed E-state index contributed by atoms with van der Waals surface area (Å²) in [4.78, 5) is 12.9. The zero-order valence-corrected chi connectivity index (χ0v) is 24.0. The minimum absolute atomic E-state index is 0.335. The molecule has 0 bridgehead atoms. The molecule has 1 aliphatic heterocycles. The Morgan fingerprint density at radius 3 is 1.50 bits per heavy atom. The van der Waals surface area contributed by atoms with Crippen molar-refractivity contribution < 1.29 is 27.2 Å². The van der Waals surface area contributed by atoms with Crippen molar-refractivity contribution in [3.63, 3.8) is 0 Å². The Morgan fingerprint density at radius 2 is 1.11 bits per heavy atom. The van der Waals surface area contributed by atoms with E-state index < -0.39 is 51.6 Å². The van der Waals surface area contributed by atoms with Gasteiger partial charge in [0.1, 0.15) is 12.2 Å². The molecule has 0 aromatic heterocycles. The second kappa shape index (κ2) is 9.12. The number of cyclic esters (lactones) is 1. The lowest BCUT2D eigenvalue weighted by Crippen LogP contribution is -2.64. The van der Waals surface area contributed by atoms with Crippen LogP contribution in [0, 0.1) is 0 Å². The van der Waals surface area contributed by atoms with Crippen molar-refractivity contribution >= 4 is 39.2 Å². The second-order valence-electron chi connectivity index (χ2n) is 11.4. The first-order chi connectivity index (χ1) is 12.3. The molecule has 0 aromatic rings. The number of hydrogen-bond donors (Lipinski definition) is 0. The van der Waals surface area contributed by atoms with E-state index >= 15 is 0 Å². The van der Waals surface area contributed by atoms with Gasteiger partial charge in [-0.05, 0) is 78.6 Å². The largest absolute Gasteiger partial charge is 0.455 e. The lowest BCUT2D eigenvalue weighted by Gasteiger charge is -2.47. The highest BCUT2D eigenvalue weighted by Crippen LogP contribution is 2.31. The van der Waals surface area contributed by atoms with Crippen LogP contribution in [0.3, 0.4) is 0 Å². The van der Waals surface area contributed by atoms with E-state index in [1.807, 2.05) is 0 Å². The van der Waals surface area contributed by atoms with E-state index in [9.17, 15) is 4.79 Å². The molecular formula is C18H42O6Si4. The van der Waals surface area contributed by atoms with Gasteiger partial charge in [0.15, 0.2) is 45.5 Å². The highest BCUT2D eigenvalue weighted by molar-refractivity contribution is 6.71. The fourth-order valence-electron chi connectivity index (χ4n) is 2.85. The van der Waals surface area contributed by atoms with Crippen molar-refractivity contribution in [3.05, 3.63) is 0 Å². The average Bonchev–Trinajstić information content (AvgIpc) is 2.39. The van der Waals surface area contributed by atoms with Gasteiger partial charge in [-0.25, -0.2) is 4.79 Å². The molecule has 1 heterocycles. The first kappa shape index (κ1) is 26.2. The summed E-state index contributed by atoms with van der Waals surface area (Å²) < 4.78 is 31.2. The second-order valence-corrected chi connectivity index (χ2v) is 29.3. The van der Waals surface area contributed by atoms with Crippen LogP contribution in [0.15, 0.2) is 0 Å². The number of esters is 1. The molecule has 6 nitrogen and oxygen atoms in total. The maximum Gasteiger partial charge on any atom is 0.337 e. The SMILES string of the molecule is C[Si](C)(C)OC[C@H]1OC(=O)[C@@H](O[Si](C)(C)C)[C@@H](O[Si](C)(C)C)[C@@H]1O[Si](C)(C)C. The maximum absolute atomic E-state index is 12.9. The number of rotatable bonds is 9. The van der Waals surface area contributed by atoms with Gasteiger partial charge in [-0.15, -0.1) is 0 Å². The standard InChI is InChI=1S/C18H42O6Si4/c1-25(2,3)20-13-14-15(22-26(4,5)6)16(23-27(7,8)9)17(18(19)21-14)24-28(10,11)12/h14-17H,13H2,1-12H3/t14-,15-,16+,17+/m1/s1. The van der Waals surface area contributed by atoms with Crippen LogP contribution in [-0.2, 0) is 27.2 Å². The molecule has 1 aliphatic rings. The van der Waals surface area contributed by atoms with Gasteiger partial charge < -0.3 is 22.4 Å². The monoisotopic (exact) mass is 466 g/mol. The van der Waals surface area contributed by atoms with Crippen LogP contribution in [0.25, 0.3) is 0 Å². The van der Waals surface area contributed by atoms with Gasteiger partial charge in [0.2, 0.25) is 0 Å². The third-order valence-corrected chi connectivity index (χ3v) is 7.58. The molecule has 1 saturated heterocycles. The first-order valence-corrected chi connectivity index (χ1v) is 23.8. The third kappa shape index (κ3) is 9.79. The van der Waals surface area contributed by atoms with Crippen LogP contribution in [0.4, 0.5) is 0 Å². The van der Waals surface area contributed by atoms with Gasteiger partial charge >= 0.3 is 5.97 Å². The number of carbonyl (C=O) groups is 1. The van der Waals surface area contributed by atoms with Crippen molar-refractivity contribution in [2.75, 3.05) is 6.61 Å². The van der Waals surface area contributed by atoms with Crippen LogP contribution < -0.4 is 0 Å². The molecule has 0 amide bonds. The Hall–Kier alpha value is 0.178. The zero-order chi connectivity index (χ0) is 22.1. The lowest BCUT2D eigenvalue weighted by atomic mass is 10.0. The van der Waals surface area contributed by atoms with Gasteiger partial charge in [-0.2, -0.15) is 0 Å². The summed E-state index contributed by atoms with van der Waals surface area (Å²) in [6.07, 6.45) is -2.08. The normalized spacial score (nSPS) is 27.6. The predicted molar refractivity (Wildman–Crippen MR) is 124 cm³/mol. The number of hydrogen-bond acceptors (Lipinski definition) is 6. The van der Waals surface area contributed by atoms with Crippen LogP contribution in [0.1, 0.15) is 0 Å². The average molecular weight is 467 g/mol. The summed E-state index contributed by atoms with van der Waals surface area (Å²) in [6, 6.07) is 0. The molecule has 1 rings (SSSR count). The van der Waals surface area contributed by atoms with Gasteiger partial charge in [-0.1, -0.05) is 0 Å². The first-order valence-electron chi connectivity index (χ1n) is 10.2. The quantitative estimate of drug-likeness (QED) is 0.370. The molecular weight excluding hydrogens is 425 g/mol. The van der Waals surface area contributed by atoms with E-state index in [0.29, 0.717) is 6.61 Å². The zero-order valence-electron chi connectivity index (χ0n) is 20.0. The van der Waals surface area contributed by atoms with Crippen LogP contribution in [0.2, 0.25) is 78.6 Å². The summed E-state index contributed by atoms with van der Waals surface area (Å²) in [5.41, 5.74) is 0. The third-order valence-electron chi connectivity index (χ3n) is 3.63. The smallest absolute Gasteiger partial charge is 0.337 e. The Bertz CT molecular complexity index is 530. The topological polar surface area (TPSA) is 63.2 Å². The van der Waals surface area contributed by atoms with Crippen molar-refractivity contribution in [2.24, 2.45) is 0 Å². The Balaban J connectivity index is 3.28. The molecule has 0 radical (unpaired) electrons. The summed E-state index contributed by atoms with van der Waals surface area (Å²) in [6.45, 7) is 25.7. The molecule has 0 spiro atoms. The van der Waals surface area contributed by atoms with Gasteiger partial charge in [0, 0.05) is 0 Å². The molecule has 0 aliphatic carbocycles. The highest BCUT2D eigenvalue weighted by atomic mass is 28.4. The van der Waals surface area contributed by atoms with E-state index in [1.54, 1.807) is 0 Å². The summed E-state index contributed by atoms with van der Waals surface area (Å²) >= 11 is 0. The Morgan fingerprint density at radius 1 is 0.679 bits per heavy atom. The van der Waals surface area contributed by atoms with E-state index in [4.69, 9.17) is 22.4 Å². The summed E-state index contributed by atoms with van der Waals surface area (Å²) in [7, 11) is -7.66. The van der Waals surface area contributed by atoms with Crippen molar-refractivity contribution in [2.45, 2.75) is 103 Å². The molecule has 4 atom stereocenters. The van der Waals surface area contributed by atoms with Crippen molar-refractivity contribution in [1.29, 1.82) is 0 Å². The van der Waals surface area contributed by atoms with Crippen LogP contribution >= 0.6 is 0 Å². The van der Waals surface area contributed by atoms with Gasteiger partial charge in [-0.3, -0.25) is 0 Å². The minimum Gasteiger partial charge on any atom is -0.455 e. The molecule has 0 aromatic carbocycles. The van der Waals surface area contributed by atoms with Crippen molar-refractivity contribution in [3.8, 4) is 0 Å². The van der Waals surface area contributed by atoms with E-state index in [-0.39, 0.29) is 12.1 Å². The Kier molecular flexibility index (Phi) is 8.54. The highest BCUT2D eigenvalue weighted by Gasteiger charge is 2.52. The summed E-state index contributed by atoms with van der Waals surface area (Å²) in [5.74, 6) is -0.356. The maximum atomic E-state index is 12.9. The fourth-order valence-corrected chi connectivity index (χ4v) is 6.68. The molecule has 1 fully saturated rings. The molecule has 0 N–H and O–H groups in total. The van der Waals surface area contributed by atoms with E-state index in [2.05, 4.69) is 78.6 Å². The Labute approximate surface area is 176 Å². The minimum atomic E-state index is -2.00.